The Kier molecular flexibility index (Phi) is 4.03. The summed E-state index contributed by atoms with van der Waals surface area (Å²) in [5, 5.41) is 0.467. The predicted molar refractivity (Wildman–Crippen MR) is 102 cm³/mol. The molecule has 0 aliphatic carbocycles. The number of aromatic nitrogens is 2. The predicted octanol–water partition coefficient (Wildman–Crippen LogP) is 3.03. The molecule has 0 spiro atoms. The molecule has 1 N–H and O–H groups in total. The van der Waals surface area contributed by atoms with Crippen LogP contribution in [0.2, 0.25) is 0 Å². The van der Waals surface area contributed by atoms with Crippen LogP contribution < -0.4 is 10.5 Å². The normalized spacial score (nSPS) is 16.1. The average molecular weight is 369 g/mol. The zero-order valence-corrected chi connectivity index (χ0v) is 15.6. The number of para-hydroxylation sites is 1. The minimum atomic E-state index is -0.437. The van der Waals surface area contributed by atoms with Crippen LogP contribution in [-0.2, 0) is 17.7 Å². The van der Waals surface area contributed by atoms with Gasteiger partial charge in [0.1, 0.15) is 15.5 Å². The number of hydrogen-bond donors (Lipinski definition) is 1. The maximum absolute atomic E-state index is 12.6. The molecule has 0 saturated heterocycles. The third-order valence-corrected chi connectivity index (χ3v) is 6.05. The molecule has 2 aromatic heterocycles. The quantitative estimate of drug-likeness (QED) is 0.718. The van der Waals surface area contributed by atoms with Crippen molar-refractivity contribution in [1.82, 2.24) is 9.97 Å². The van der Waals surface area contributed by atoms with E-state index in [2.05, 4.69) is 33.9 Å². The molecule has 3 heterocycles. The summed E-state index contributed by atoms with van der Waals surface area (Å²) in [6.45, 7) is 4.44. The second-order valence-electron chi connectivity index (χ2n) is 6.55. The van der Waals surface area contributed by atoms with Gasteiger partial charge in [0.25, 0.3) is 5.56 Å². The van der Waals surface area contributed by atoms with Crippen molar-refractivity contribution in [3.8, 4) is 0 Å². The lowest BCUT2D eigenvalue weighted by Crippen LogP contribution is -2.30. The highest BCUT2D eigenvalue weighted by atomic mass is 32.1. The van der Waals surface area contributed by atoms with Crippen LogP contribution in [0.25, 0.3) is 10.2 Å². The van der Waals surface area contributed by atoms with E-state index in [0.29, 0.717) is 39.1 Å². The van der Waals surface area contributed by atoms with Crippen molar-refractivity contribution in [2.75, 3.05) is 12.0 Å². The van der Waals surface area contributed by atoms with Crippen molar-refractivity contribution in [2.24, 2.45) is 0 Å². The molecular formula is C19H19N3O3S. The van der Waals surface area contributed by atoms with E-state index in [0.717, 1.165) is 6.42 Å². The Morgan fingerprint density at radius 2 is 2.19 bits per heavy atom. The molecule has 7 heteroatoms. The number of carbonyl (C=O) groups is 1. The van der Waals surface area contributed by atoms with Gasteiger partial charge in [-0.2, -0.15) is 0 Å². The smallest absolute Gasteiger partial charge is 0.348 e. The standard InChI is InChI=1S/C19H19N3O3S/c1-10-8-12-6-4-5-7-13(12)22(10)9-14-20-17(23)15-11(2)16(19(24)25-3)26-18(15)21-14/h4-7,10H,8-9H2,1-3H3,(H,20,21,23). The second-order valence-corrected chi connectivity index (χ2v) is 7.55. The molecule has 1 atom stereocenters. The molecule has 134 valence electrons. The van der Waals surface area contributed by atoms with Gasteiger partial charge >= 0.3 is 5.97 Å². The van der Waals surface area contributed by atoms with Crippen LogP contribution in [-0.4, -0.2) is 29.1 Å². The first-order valence-electron chi connectivity index (χ1n) is 8.44. The fourth-order valence-corrected chi connectivity index (χ4v) is 4.70. The first kappa shape index (κ1) is 16.8. The largest absolute Gasteiger partial charge is 0.465 e. The highest BCUT2D eigenvalue weighted by Crippen LogP contribution is 2.33. The Balaban J connectivity index is 1.74. The summed E-state index contributed by atoms with van der Waals surface area (Å²) in [6, 6.07) is 8.64. The zero-order chi connectivity index (χ0) is 18.4. The number of hydrogen-bond acceptors (Lipinski definition) is 6. The van der Waals surface area contributed by atoms with Gasteiger partial charge in [0.05, 0.1) is 19.0 Å². The van der Waals surface area contributed by atoms with Crippen LogP contribution in [0.15, 0.2) is 29.1 Å². The third-order valence-electron chi connectivity index (χ3n) is 4.89. The number of methoxy groups -OCH3 is 1. The molecule has 26 heavy (non-hydrogen) atoms. The van der Waals surface area contributed by atoms with Gasteiger partial charge in [-0.15, -0.1) is 11.3 Å². The summed E-state index contributed by atoms with van der Waals surface area (Å²) < 4.78 is 4.80. The summed E-state index contributed by atoms with van der Waals surface area (Å²) in [4.78, 5) is 35.2. The fraction of sp³-hybridized carbons (Fsp3) is 0.316. The number of aryl methyl sites for hydroxylation is 1. The number of benzene rings is 1. The Labute approximate surface area is 154 Å². The lowest BCUT2D eigenvalue weighted by atomic mass is 10.1. The van der Waals surface area contributed by atoms with Crippen LogP contribution in [0.3, 0.4) is 0 Å². The summed E-state index contributed by atoms with van der Waals surface area (Å²) >= 11 is 1.21. The number of esters is 1. The third kappa shape index (κ3) is 2.59. The monoisotopic (exact) mass is 369 g/mol. The zero-order valence-electron chi connectivity index (χ0n) is 14.8. The summed E-state index contributed by atoms with van der Waals surface area (Å²) in [6.07, 6.45) is 0.979. The molecule has 6 nitrogen and oxygen atoms in total. The molecular weight excluding hydrogens is 350 g/mol. The number of carbonyl (C=O) groups excluding carboxylic acids is 1. The topological polar surface area (TPSA) is 75.3 Å². The average Bonchev–Trinajstić information content (AvgIpc) is 3.12. The van der Waals surface area contributed by atoms with E-state index in [4.69, 9.17) is 4.74 Å². The van der Waals surface area contributed by atoms with Gasteiger partial charge in [0.2, 0.25) is 0 Å². The lowest BCUT2D eigenvalue weighted by Gasteiger charge is -2.24. The van der Waals surface area contributed by atoms with Crippen molar-refractivity contribution >= 4 is 33.2 Å². The molecule has 0 saturated carbocycles. The lowest BCUT2D eigenvalue weighted by molar-refractivity contribution is 0.0605. The van der Waals surface area contributed by atoms with Crippen LogP contribution in [0, 0.1) is 6.92 Å². The minimum Gasteiger partial charge on any atom is -0.465 e. The van der Waals surface area contributed by atoms with Crippen LogP contribution in [0.4, 0.5) is 5.69 Å². The Morgan fingerprint density at radius 3 is 2.96 bits per heavy atom. The number of H-pyrrole nitrogens is 1. The van der Waals surface area contributed by atoms with Crippen molar-refractivity contribution in [3.63, 3.8) is 0 Å². The van der Waals surface area contributed by atoms with Crippen molar-refractivity contribution in [3.05, 3.63) is 56.4 Å². The Bertz CT molecular complexity index is 1070. The van der Waals surface area contributed by atoms with E-state index in [1.54, 1.807) is 6.92 Å². The molecule has 0 bridgehead atoms. The SMILES string of the molecule is COC(=O)c1sc2nc(CN3c4ccccc4CC3C)[nH]c(=O)c2c1C. The van der Waals surface area contributed by atoms with Crippen molar-refractivity contribution < 1.29 is 9.53 Å². The minimum absolute atomic E-state index is 0.214. The number of anilines is 1. The molecule has 0 amide bonds. The van der Waals surface area contributed by atoms with E-state index in [1.165, 1.54) is 29.7 Å². The molecule has 0 fully saturated rings. The van der Waals surface area contributed by atoms with Gasteiger partial charge in [0, 0.05) is 11.7 Å². The number of rotatable bonds is 3. The molecule has 0 radical (unpaired) electrons. The molecule has 1 aromatic carbocycles. The van der Waals surface area contributed by atoms with Crippen molar-refractivity contribution in [2.45, 2.75) is 32.9 Å². The fourth-order valence-electron chi connectivity index (χ4n) is 3.58. The number of ether oxygens (including phenoxy) is 1. The highest BCUT2D eigenvalue weighted by Gasteiger charge is 2.27. The Hall–Kier alpha value is -2.67. The second kappa shape index (κ2) is 6.25. The Morgan fingerprint density at radius 1 is 1.42 bits per heavy atom. The maximum Gasteiger partial charge on any atom is 0.348 e. The highest BCUT2D eigenvalue weighted by molar-refractivity contribution is 7.20. The van der Waals surface area contributed by atoms with Gasteiger partial charge in [-0.05, 0) is 37.5 Å². The van der Waals surface area contributed by atoms with E-state index in [-0.39, 0.29) is 5.56 Å². The van der Waals surface area contributed by atoms with E-state index >= 15 is 0 Å². The summed E-state index contributed by atoms with van der Waals surface area (Å²) in [5.41, 5.74) is 2.90. The summed E-state index contributed by atoms with van der Waals surface area (Å²) in [7, 11) is 1.33. The molecule has 1 aliphatic heterocycles. The van der Waals surface area contributed by atoms with Gasteiger partial charge in [-0.3, -0.25) is 4.79 Å². The van der Waals surface area contributed by atoms with Crippen molar-refractivity contribution in [1.29, 1.82) is 0 Å². The first-order valence-corrected chi connectivity index (χ1v) is 9.26. The summed E-state index contributed by atoms with van der Waals surface area (Å²) in [5.74, 6) is 0.164. The van der Waals surface area contributed by atoms with Gasteiger partial charge in [-0.25, -0.2) is 9.78 Å². The number of nitrogens with zero attached hydrogens (tertiary/aromatic N) is 2. The van der Waals surface area contributed by atoms with Crippen LogP contribution >= 0.6 is 11.3 Å². The molecule has 3 aromatic rings. The van der Waals surface area contributed by atoms with Gasteiger partial charge in [-0.1, -0.05) is 18.2 Å². The van der Waals surface area contributed by atoms with E-state index in [1.807, 2.05) is 12.1 Å². The number of aromatic amines is 1. The van der Waals surface area contributed by atoms with E-state index < -0.39 is 5.97 Å². The van der Waals surface area contributed by atoms with Gasteiger partial charge < -0.3 is 14.6 Å². The molecule has 1 aliphatic rings. The number of nitrogens with one attached hydrogen (secondary N) is 1. The molecule has 1 unspecified atom stereocenters. The number of fused-ring (bicyclic) bond motifs is 2. The van der Waals surface area contributed by atoms with Gasteiger partial charge in [0.15, 0.2) is 0 Å². The van der Waals surface area contributed by atoms with Crippen LogP contribution in [0.5, 0.6) is 0 Å². The van der Waals surface area contributed by atoms with Crippen LogP contribution in [0.1, 0.15) is 33.5 Å². The maximum atomic E-state index is 12.6. The van der Waals surface area contributed by atoms with E-state index in [9.17, 15) is 9.59 Å². The first-order chi connectivity index (χ1) is 12.5. The number of thiophene rings is 1. The molecule has 4 rings (SSSR count).